The highest BCUT2D eigenvalue weighted by Gasteiger charge is 1.94. The third kappa shape index (κ3) is 21.7. The Morgan fingerprint density at radius 2 is 0.958 bits per heavy atom. The SMILES string of the molecule is CCCCCCCCCCCCCCCCCCNCC=C(C)C. The lowest BCUT2D eigenvalue weighted by molar-refractivity contribution is 0.527. The summed E-state index contributed by atoms with van der Waals surface area (Å²) >= 11 is 0. The zero-order valence-corrected chi connectivity index (χ0v) is 17.3. The van der Waals surface area contributed by atoms with Crippen LogP contribution in [0.1, 0.15) is 124 Å². The fourth-order valence-electron chi connectivity index (χ4n) is 3.18. The molecule has 0 fully saturated rings. The molecule has 0 rings (SSSR count). The smallest absolute Gasteiger partial charge is 0.0137 e. The Morgan fingerprint density at radius 3 is 1.33 bits per heavy atom. The number of hydrogen-bond acceptors (Lipinski definition) is 1. The van der Waals surface area contributed by atoms with E-state index < -0.39 is 0 Å². The van der Waals surface area contributed by atoms with Gasteiger partial charge in [0.15, 0.2) is 0 Å². The first-order valence-corrected chi connectivity index (χ1v) is 11.1. The molecular weight excluding hydrogens is 290 g/mol. The van der Waals surface area contributed by atoms with Crippen molar-refractivity contribution in [2.45, 2.75) is 124 Å². The highest BCUT2D eigenvalue weighted by atomic mass is 14.8. The van der Waals surface area contributed by atoms with Gasteiger partial charge in [-0.1, -0.05) is 115 Å². The highest BCUT2D eigenvalue weighted by molar-refractivity contribution is 4.94. The summed E-state index contributed by atoms with van der Waals surface area (Å²) < 4.78 is 0. The molecule has 0 heterocycles. The van der Waals surface area contributed by atoms with Gasteiger partial charge in [0, 0.05) is 6.54 Å². The molecule has 0 bridgehead atoms. The topological polar surface area (TPSA) is 12.0 Å². The summed E-state index contributed by atoms with van der Waals surface area (Å²) in [6.45, 7) is 8.85. The summed E-state index contributed by atoms with van der Waals surface area (Å²) in [7, 11) is 0. The minimum absolute atomic E-state index is 1.04. The largest absolute Gasteiger partial charge is 0.313 e. The molecule has 0 aromatic heterocycles. The number of nitrogens with one attached hydrogen (secondary N) is 1. The van der Waals surface area contributed by atoms with Crippen LogP contribution in [0.25, 0.3) is 0 Å². The molecular formula is C23H47N. The molecule has 0 aromatic carbocycles. The average molecular weight is 338 g/mol. The van der Waals surface area contributed by atoms with E-state index in [2.05, 4.69) is 32.2 Å². The fraction of sp³-hybridized carbons (Fsp3) is 0.913. The Kier molecular flexibility index (Phi) is 20.5. The normalized spacial score (nSPS) is 11.0. The molecule has 1 N–H and O–H groups in total. The van der Waals surface area contributed by atoms with Gasteiger partial charge in [-0.2, -0.15) is 0 Å². The fourth-order valence-corrected chi connectivity index (χ4v) is 3.18. The van der Waals surface area contributed by atoms with E-state index in [1.165, 1.54) is 115 Å². The third-order valence-corrected chi connectivity index (χ3v) is 4.86. The maximum absolute atomic E-state index is 3.49. The first kappa shape index (κ1) is 23.7. The molecule has 0 unspecified atom stereocenters. The summed E-state index contributed by atoms with van der Waals surface area (Å²) in [5.74, 6) is 0. The van der Waals surface area contributed by atoms with Crippen LogP contribution in [-0.4, -0.2) is 13.1 Å². The number of unbranched alkanes of at least 4 members (excludes halogenated alkanes) is 15. The van der Waals surface area contributed by atoms with Gasteiger partial charge in [-0.15, -0.1) is 0 Å². The molecule has 0 radical (unpaired) electrons. The molecule has 1 heteroatoms. The molecule has 0 aliphatic heterocycles. The second kappa shape index (κ2) is 20.7. The Labute approximate surface area is 154 Å². The number of hydrogen-bond donors (Lipinski definition) is 1. The van der Waals surface area contributed by atoms with Gasteiger partial charge in [-0.25, -0.2) is 0 Å². The van der Waals surface area contributed by atoms with Gasteiger partial charge in [0.25, 0.3) is 0 Å². The maximum Gasteiger partial charge on any atom is 0.0137 e. The van der Waals surface area contributed by atoms with E-state index in [1.54, 1.807) is 0 Å². The third-order valence-electron chi connectivity index (χ3n) is 4.86. The van der Waals surface area contributed by atoms with Crippen LogP contribution >= 0.6 is 0 Å². The van der Waals surface area contributed by atoms with Crippen LogP contribution in [0.3, 0.4) is 0 Å². The van der Waals surface area contributed by atoms with Crippen molar-refractivity contribution in [2.75, 3.05) is 13.1 Å². The lowest BCUT2D eigenvalue weighted by atomic mass is 10.0. The lowest BCUT2D eigenvalue weighted by Gasteiger charge is -2.04. The summed E-state index contributed by atoms with van der Waals surface area (Å²) in [4.78, 5) is 0. The predicted octanol–water partition coefficient (Wildman–Crippen LogP) is 7.80. The molecule has 0 aliphatic rings. The van der Waals surface area contributed by atoms with Crippen molar-refractivity contribution in [1.82, 2.24) is 5.32 Å². The van der Waals surface area contributed by atoms with E-state index in [9.17, 15) is 0 Å². The molecule has 144 valence electrons. The quantitative estimate of drug-likeness (QED) is 0.187. The van der Waals surface area contributed by atoms with E-state index in [1.807, 2.05) is 0 Å². The van der Waals surface area contributed by atoms with E-state index in [4.69, 9.17) is 0 Å². The zero-order chi connectivity index (χ0) is 17.7. The van der Waals surface area contributed by atoms with E-state index in [0.29, 0.717) is 0 Å². The second-order valence-electron chi connectivity index (χ2n) is 7.79. The van der Waals surface area contributed by atoms with E-state index in [-0.39, 0.29) is 0 Å². The Hall–Kier alpha value is -0.300. The van der Waals surface area contributed by atoms with Crippen LogP contribution in [0, 0.1) is 0 Å². The van der Waals surface area contributed by atoms with Crippen molar-refractivity contribution in [1.29, 1.82) is 0 Å². The minimum Gasteiger partial charge on any atom is -0.313 e. The minimum atomic E-state index is 1.04. The van der Waals surface area contributed by atoms with Crippen molar-refractivity contribution in [3.8, 4) is 0 Å². The lowest BCUT2D eigenvalue weighted by Crippen LogP contribution is -2.15. The van der Waals surface area contributed by atoms with E-state index >= 15 is 0 Å². The molecule has 0 amide bonds. The van der Waals surface area contributed by atoms with Gasteiger partial charge in [0.1, 0.15) is 0 Å². The zero-order valence-electron chi connectivity index (χ0n) is 17.3. The van der Waals surface area contributed by atoms with Crippen LogP contribution in [0.5, 0.6) is 0 Å². The van der Waals surface area contributed by atoms with Crippen molar-refractivity contribution >= 4 is 0 Å². The molecule has 0 spiro atoms. The first-order chi connectivity index (χ1) is 11.8. The van der Waals surface area contributed by atoms with E-state index in [0.717, 1.165) is 6.54 Å². The molecule has 0 saturated heterocycles. The summed E-state index contributed by atoms with van der Waals surface area (Å²) in [6.07, 6.45) is 25.4. The van der Waals surface area contributed by atoms with Gasteiger partial charge in [0.05, 0.1) is 0 Å². The Morgan fingerprint density at radius 1 is 0.583 bits per heavy atom. The predicted molar refractivity (Wildman–Crippen MR) is 112 cm³/mol. The van der Waals surface area contributed by atoms with Gasteiger partial charge in [0.2, 0.25) is 0 Å². The second-order valence-corrected chi connectivity index (χ2v) is 7.79. The summed E-state index contributed by atoms with van der Waals surface area (Å²) in [5, 5.41) is 3.49. The molecule has 1 nitrogen and oxygen atoms in total. The van der Waals surface area contributed by atoms with Crippen molar-refractivity contribution in [3.05, 3.63) is 11.6 Å². The van der Waals surface area contributed by atoms with Crippen LogP contribution < -0.4 is 5.32 Å². The van der Waals surface area contributed by atoms with Crippen molar-refractivity contribution in [2.24, 2.45) is 0 Å². The van der Waals surface area contributed by atoms with Crippen LogP contribution in [-0.2, 0) is 0 Å². The summed E-state index contributed by atoms with van der Waals surface area (Å²) in [6, 6.07) is 0. The van der Waals surface area contributed by atoms with Crippen LogP contribution in [0.15, 0.2) is 11.6 Å². The van der Waals surface area contributed by atoms with Crippen LogP contribution in [0.2, 0.25) is 0 Å². The number of rotatable bonds is 19. The molecule has 0 saturated carbocycles. The maximum atomic E-state index is 3.49. The van der Waals surface area contributed by atoms with Crippen LogP contribution in [0.4, 0.5) is 0 Å². The van der Waals surface area contributed by atoms with Gasteiger partial charge in [-0.05, 0) is 26.8 Å². The molecule has 0 aliphatic carbocycles. The average Bonchev–Trinajstić information content (AvgIpc) is 2.56. The standard InChI is InChI=1S/C23H47N/c1-4-5-6-7-8-9-10-11-12-13-14-15-16-17-18-19-21-24-22-20-23(2)3/h20,24H,4-19,21-22H2,1-3H3. The van der Waals surface area contributed by atoms with Crippen molar-refractivity contribution in [3.63, 3.8) is 0 Å². The van der Waals surface area contributed by atoms with Gasteiger partial charge >= 0.3 is 0 Å². The molecule has 0 atom stereocenters. The number of allylic oxidation sites excluding steroid dienone is 1. The van der Waals surface area contributed by atoms with Gasteiger partial charge < -0.3 is 5.32 Å². The molecule has 24 heavy (non-hydrogen) atoms. The highest BCUT2D eigenvalue weighted by Crippen LogP contribution is 2.13. The van der Waals surface area contributed by atoms with Gasteiger partial charge in [-0.3, -0.25) is 0 Å². The first-order valence-electron chi connectivity index (χ1n) is 11.1. The molecule has 0 aromatic rings. The Balaban J connectivity index is 2.99. The van der Waals surface area contributed by atoms with Crippen molar-refractivity contribution < 1.29 is 0 Å². The summed E-state index contributed by atoms with van der Waals surface area (Å²) in [5.41, 5.74) is 1.41. The Bertz CT molecular complexity index is 253. The monoisotopic (exact) mass is 337 g/mol.